The maximum absolute atomic E-state index is 13.4. The Kier molecular flexibility index (Phi) is 10.6. The molecule has 8 heteroatoms. The summed E-state index contributed by atoms with van der Waals surface area (Å²) < 4.78 is 18.9. The summed E-state index contributed by atoms with van der Waals surface area (Å²) >= 11 is 0. The number of nitrogens with one attached hydrogen (secondary N) is 2. The van der Waals surface area contributed by atoms with Crippen LogP contribution in [0, 0.1) is 5.82 Å². The number of halogens is 2. The summed E-state index contributed by atoms with van der Waals surface area (Å²) in [5.74, 6) is 0.621. The summed E-state index contributed by atoms with van der Waals surface area (Å²) in [5.41, 5.74) is 1.11. The maximum atomic E-state index is 13.4. The van der Waals surface area contributed by atoms with Gasteiger partial charge < -0.3 is 15.4 Å². The van der Waals surface area contributed by atoms with E-state index in [1.54, 1.807) is 0 Å². The third kappa shape index (κ3) is 7.04. The number of morpholine rings is 1. The maximum Gasteiger partial charge on any atom is 0.191 e. The minimum atomic E-state index is -0.202. The number of rotatable bonds is 7. The van der Waals surface area contributed by atoms with Crippen molar-refractivity contribution >= 4 is 29.9 Å². The number of ether oxygens (including phenoxy) is 1. The van der Waals surface area contributed by atoms with Crippen molar-refractivity contribution in [2.75, 3.05) is 59.5 Å². The predicted molar refractivity (Wildman–Crippen MR) is 127 cm³/mol. The number of hydrogen-bond acceptors (Lipinski definition) is 4. The summed E-state index contributed by atoms with van der Waals surface area (Å²) in [4.78, 5) is 9.32. The van der Waals surface area contributed by atoms with E-state index < -0.39 is 0 Å². The quantitative estimate of drug-likeness (QED) is 0.330. The molecule has 0 saturated carbocycles. The molecule has 2 N–H and O–H groups in total. The monoisotopic (exact) mass is 519 g/mol. The number of guanidine groups is 1. The molecule has 1 aromatic carbocycles. The fraction of sp³-hybridized carbons (Fsp3) is 0.667. The second-order valence-electron chi connectivity index (χ2n) is 7.47. The van der Waals surface area contributed by atoms with E-state index in [-0.39, 0.29) is 35.8 Å². The first kappa shape index (κ1) is 24.3. The minimum Gasteiger partial charge on any atom is -0.379 e. The van der Waals surface area contributed by atoms with E-state index in [2.05, 4.69) is 32.3 Å². The molecule has 0 bridgehead atoms. The lowest BCUT2D eigenvalue weighted by molar-refractivity contribution is 0.0170. The van der Waals surface area contributed by atoms with E-state index >= 15 is 0 Å². The van der Waals surface area contributed by atoms with Gasteiger partial charge in [-0.2, -0.15) is 0 Å². The zero-order valence-electron chi connectivity index (χ0n) is 17.6. The normalized spacial score (nSPS) is 22.2. The van der Waals surface area contributed by atoms with Crippen LogP contribution in [-0.2, 0) is 4.74 Å². The Labute approximate surface area is 191 Å². The molecular formula is C21H35FIN5O. The molecule has 0 spiro atoms. The Morgan fingerprint density at radius 3 is 2.59 bits per heavy atom. The number of hydrogen-bond donors (Lipinski definition) is 2. The van der Waals surface area contributed by atoms with Gasteiger partial charge in [0.1, 0.15) is 5.82 Å². The molecule has 2 atom stereocenters. The molecule has 2 fully saturated rings. The van der Waals surface area contributed by atoms with Crippen LogP contribution < -0.4 is 10.6 Å². The van der Waals surface area contributed by atoms with Crippen LogP contribution in [-0.4, -0.2) is 81.3 Å². The molecule has 2 saturated heterocycles. The van der Waals surface area contributed by atoms with Gasteiger partial charge in [0.25, 0.3) is 0 Å². The summed E-state index contributed by atoms with van der Waals surface area (Å²) in [6.07, 6.45) is 2.51. The minimum absolute atomic E-state index is 0. The van der Waals surface area contributed by atoms with Gasteiger partial charge in [-0.3, -0.25) is 14.8 Å². The molecule has 3 rings (SSSR count). The van der Waals surface area contributed by atoms with Crippen molar-refractivity contribution in [3.63, 3.8) is 0 Å². The molecule has 0 amide bonds. The summed E-state index contributed by atoms with van der Waals surface area (Å²) in [7, 11) is 1.81. The van der Waals surface area contributed by atoms with Gasteiger partial charge in [0.2, 0.25) is 0 Å². The molecule has 2 unspecified atom stereocenters. The van der Waals surface area contributed by atoms with Gasteiger partial charge >= 0.3 is 0 Å². The third-order valence-corrected chi connectivity index (χ3v) is 5.84. The Morgan fingerprint density at radius 2 is 1.93 bits per heavy atom. The van der Waals surface area contributed by atoms with Crippen LogP contribution in [0.1, 0.15) is 31.4 Å². The van der Waals surface area contributed by atoms with E-state index in [4.69, 9.17) is 4.74 Å². The molecule has 1 aromatic rings. The lowest BCUT2D eigenvalue weighted by Crippen LogP contribution is -2.48. The Hall–Kier alpha value is -0.970. The fourth-order valence-electron chi connectivity index (χ4n) is 4.20. The second kappa shape index (κ2) is 12.7. The number of nitrogens with zero attached hydrogens (tertiary/aromatic N) is 3. The molecule has 0 radical (unpaired) electrons. The van der Waals surface area contributed by atoms with Gasteiger partial charge in [-0.05, 0) is 43.6 Å². The molecule has 2 heterocycles. The van der Waals surface area contributed by atoms with Crippen molar-refractivity contribution < 1.29 is 9.13 Å². The van der Waals surface area contributed by atoms with Crippen molar-refractivity contribution in [3.8, 4) is 0 Å². The van der Waals surface area contributed by atoms with Gasteiger partial charge in [-0.1, -0.05) is 19.1 Å². The first-order valence-electron chi connectivity index (χ1n) is 10.5. The molecule has 2 aliphatic heterocycles. The largest absolute Gasteiger partial charge is 0.379 e. The molecular weight excluding hydrogens is 484 g/mol. The average Bonchev–Trinajstić information content (AvgIpc) is 3.20. The summed E-state index contributed by atoms with van der Waals surface area (Å²) in [6, 6.07) is 7.57. The molecule has 164 valence electrons. The Balaban J connectivity index is 0.00000300. The van der Waals surface area contributed by atoms with Crippen molar-refractivity contribution in [3.05, 3.63) is 35.6 Å². The van der Waals surface area contributed by atoms with Gasteiger partial charge in [-0.25, -0.2) is 4.39 Å². The standard InChI is InChI=1S/C21H34FN5O.HI/c1-3-26-10-4-5-19(26)15-24-21(23-2)25-16-20(27-11-13-28-14-12-27)17-6-8-18(22)9-7-17;/h6-9,19-20H,3-5,10-16H2,1-2H3,(H2,23,24,25);1H. The van der Waals surface area contributed by atoms with Crippen LogP contribution in [0.4, 0.5) is 4.39 Å². The van der Waals surface area contributed by atoms with E-state index in [9.17, 15) is 4.39 Å². The van der Waals surface area contributed by atoms with Crippen molar-refractivity contribution in [1.82, 2.24) is 20.4 Å². The lowest BCUT2D eigenvalue weighted by Gasteiger charge is -2.35. The topological polar surface area (TPSA) is 52.1 Å². The highest BCUT2D eigenvalue weighted by Gasteiger charge is 2.24. The summed E-state index contributed by atoms with van der Waals surface area (Å²) in [5, 5.41) is 6.97. The van der Waals surface area contributed by atoms with Crippen LogP contribution in [0.3, 0.4) is 0 Å². The Morgan fingerprint density at radius 1 is 1.21 bits per heavy atom. The molecule has 6 nitrogen and oxygen atoms in total. The highest BCUT2D eigenvalue weighted by Crippen LogP contribution is 2.21. The van der Waals surface area contributed by atoms with Crippen LogP contribution in [0.5, 0.6) is 0 Å². The highest BCUT2D eigenvalue weighted by molar-refractivity contribution is 14.0. The third-order valence-electron chi connectivity index (χ3n) is 5.84. The zero-order valence-corrected chi connectivity index (χ0v) is 19.9. The number of benzene rings is 1. The fourth-order valence-corrected chi connectivity index (χ4v) is 4.20. The Bertz CT molecular complexity index is 624. The number of aliphatic imine (C=N–C) groups is 1. The van der Waals surface area contributed by atoms with Crippen LogP contribution in [0.2, 0.25) is 0 Å². The van der Waals surface area contributed by atoms with E-state index in [1.165, 1.54) is 31.5 Å². The van der Waals surface area contributed by atoms with Crippen LogP contribution in [0.15, 0.2) is 29.3 Å². The van der Waals surface area contributed by atoms with Crippen LogP contribution >= 0.6 is 24.0 Å². The summed E-state index contributed by atoms with van der Waals surface area (Å²) in [6.45, 7) is 9.37. The van der Waals surface area contributed by atoms with Crippen LogP contribution in [0.25, 0.3) is 0 Å². The first-order chi connectivity index (χ1) is 13.7. The lowest BCUT2D eigenvalue weighted by atomic mass is 10.0. The molecule has 29 heavy (non-hydrogen) atoms. The second-order valence-corrected chi connectivity index (χ2v) is 7.47. The smallest absolute Gasteiger partial charge is 0.191 e. The van der Waals surface area contributed by atoms with E-state index in [0.29, 0.717) is 12.6 Å². The SMILES string of the molecule is CCN1CCCC1CNC(=NC)NCC(c1ccc(F)cc1)N1CCOCC1.I. The first-order valence-corrected chi connectivity index (χ1v) is 10.5. The number of likely N-dealkylation sites (N-methyl/N-ethyl adjacent to an activating group) is 1. The predicted octanol–water partition coefficient (Wildman–Crippen LogP) is 2.47. The van der Waals surface area contributed by atoms with Crippen molar-refractivity contribution in [1.29, 1.82) is 0 Å². The average molecular weight is 519 g/mol. The molecule has 2 aliphatic rings. The molecule has 0 aliphatic carbocycles. The van der Waals surface area contributed by atoms with Gasteiger partial charge in [0.05, 0.1) is 19.3 Å². The van der Waals surface area contributed by atoms with E-state index in [0.717, 1.165) is 50.9 Å². The van der Waals surface area contributed by atoms with Crippen molar-refractivity contribution in [2.45, 2.75) is 31.8 Å². The van der Waals surface area contributed by atoms with Gasteiger partial charge in [0.15, 0.2) is 5.96 Å². The molecule has 0 aromatic heterocycles. The van der Waals surface area contributed by atoms with Gasteiger partial charge in [0, 0.05) is 39.3 Å². The van der Waals surface area contributed by atoms with Gasteiger partial charge in [-0.15, -0.1) is 24.0 Å². The van der Waals surface area contributed by atoms with Crippen molar-refractivity contribution in [2.24, 2.45) is 4.99 Å². The number of likely N-dealkylation sites (tertiary alicyclic amines) is 1. The highest BCUT2D eigenvalue weighted by atomic mass is 127. The zero-order chi connectivity index (χ0) is 19.8. The van der Waals surface area contributed by atoms with E-state index in [1.807, 2.05) is 19.2 Å².